The molecule has 0 spiro atoms. The van der Waals surface area contributed by atoms with Gasteiger partial charge in [0.1, 0.15) is 10.0 Å². The third-order valence-electron chi connectivity index (χ3n) is 3.10. The Labute approximate surface area is 150 Å². The van der Waals surface area contributed by atoms with E-state index in [2.05, 4.69) is 10.4 Å². The molecule has 2 aromatic heterocycles. The predicted molar refractivity (Wildman–Crippen MR) is 94.8 cm³/mol. The van der Waals surface area contributed by atoms with Crippen LogP contribution in [0.2, 0.25) is 4.34 Å². The third-order valence-corrected chi connectivity index (χ3v) is 6.60. The summed E-state index contributed by atoms with van der Waals surface area (Å²) in [6.45, 7) is 4.44. The molecule has 0 atom stereocenters. The number of rotatable bonds is 7. The first-order valence-corrected chi connectivity index (χ1v) is 9.87. The summed E-state index contributed by atoms with van der Waals surface area (Å²) in [4.78, 5) is 12.2. The average molecular weight is 391 g/mol. The van der Waals surface area contributed by atoms with Crippen LogP contribution in [0.4, 0.5) is 5.82 Å². The second-order valence-electron chi connectivity index (χ2n) is 5.66. The van der Waals surface area contributed by atoms with Crippen LogP contribution < -0.4 is 5.32 Å². The van der Waals surface area contributed by atoms with Gasteiger partial charge < -0.3 is 5.32 Å². The SMILES string of the molecule is CC(C)Cn1nccc1NC(=O)CN(C)S(=O)(=O)c1ccc(Cl)s1. The summed E-state index contributed by atoms with van der Waals surface area (Å²) < 4.78 is 27.9. The van der Waals surface area contributed by atoms with Crippen molar-refractivity contribution >= 4 is 44.7 Å². The molecule has 1 N–H and O–H groups in total. The Morgan fingerprint density at radius 3 is 2.71 bits per heavy atom. The van der Waals surface area contributed by atoms with Crippen molar-refractivity contribution in [2.24, 2.45) is 5.92 Å². The minimum absolute atomic E-state index is 0.104. The smallest absolute Gasteiger partial charge is 0.252 e. The number of aromatic nitrogens is 2. The maximum atomic E-state index is 12.4. The highest BCUT2D eigenvalue weighted by atomic mass is 35.5. The molecule has 1 amide bonds. The highest BCUT2D eigenvalue weighted by Crippen LogP contribution is 2.27. The van der Waals surface area contributed by atoms with Gasteiger partial charge in [-0.15, -0.1) is 11.3 Å². The van der Waals surface area contributed by atoms with Gasteiger partial charge in [0.05, 0.1) is 17.1 Å². The largest absolute Gasteiger partial charge is 0.310 e. The number of hydrogen-bond donors (Lipinski definition) is 1. The maximum Gasteiger partial charge on any atom is 0.252 e. The number of likely N-dealkylation sites (N-methyl/N-ethyl adjacent to an activating group) is 1. The van der Waals surface area contributed by atoms with Gasteiger partial charge in [-0.1, -0.05) is 25.4 Å². The first kappa shape index (κ1) is 18.9. The van der Waals surface area contributed by atoms with Crippen LogP contribution >= 0.6 is 22.9 Å². The average Bonchev–Trinajstić information content (AvgIpc) is 3.08. The molecule has 0 aromatic carbocycles. The normalized spacial score (nSPS) is 12.1. The Hall–Kier alpha value is -1.42. The Bertz CT molecular complexity index is 814. The second kappa shape index (κ2) is 7.64. The quantitative estimate of drug-likeness (QED) is 0.787. The number of amides is 1. The molecule has 24 heavy (non-hydrogen) atoms. The molecule has 0 bridgehead atoms. The number of hydrogen-bond acceptors (Lipinski definition) is 5. The Kier molecular flexibility index (Phi) is 6.02. The van der Waals surface area contributed by atoms with E-state index < -0.39 is 15.9 Å². The van der Waals surface area contributed by atoms with Crippen molar-refractivity contribution in [3.63, 3.8) is 0 Å². The maximum absolute atomic E-state index is 12.4. The number of carbonyl (C=O) groups excluding carboxylic acids is 1. The number of nitrogens with one attached hydrogen (secondary N) is 1. The molecular formula is C14H19ClN4O3S2. The van der Waals surface area contributed by atoms with E-state index in [1.54, 1.807) is 16.9 Å². The first-order chi connectivity index (χ1) is 11.2. The highest BCUT2D eigenvalue weighted by molar-refractivity contribution is 7.91. The number of carbonyl (C=O) groups is 1. The summed E-state index contributed by atoms with van der Waals surface area (Å²) in [6.07, 6.45) is 1.59. The van der Waals surface area contributed by atoms with Crippen LogP contribution in [0.25, 0.3) is 0 Å². The number of anilines is 1. The Balaban J connectivity index is 2.03. The third kappa shape index (κ3) is 4.56. The van der Waals surface area contributed by atoms with Crippen LogP contribution in [-0.2, 0) is 21.4 Å². The standard InChI is InChI=1S/C14H19ClN4O3S2/c1-10(2)8-19-12(6-7-16-19)17-13(20)9-18(3)24(21,22)14-5-4-11(15)23-14/h4-7,10H,8-9H2,1-3H3,(H,17,20). The molecule has 0 fully saturated rings. The zero-order chi connectivity index (χ0) is 17.9. The molecule has 2 heterocycles. The number of halogens is 1. The van der Waals surface area contributed by atoms with Gasteiger partial charge in [-0.05, 0) is 18.1 Å². The van der Waals surface area contributed by atoms with Crippen molar-refractivity contribution in [2.45, 2.75) is 24.6 Å². The van der Waals surface area contributed by atoms with E-state index >= 15 is 0 Å². The van der Waals surface area contributed by atoms with E-state index in [9.17, 15) is 13.2 Å². The van der Waals surface area contributed by atoms with E-state index in [-0.39, 0.29) is 10.8 Å². The van der Waals surface area contributed by atoms with E-state index in [0.29, 0.717) is 22.6 Å². The van der Waals surface area contributed by atoms with Crippen LogP contribution in [0.15, 0.2) is 28.6 Å². The lowest BCUT2D eigenvalue weighted by atomic mass is 10.2. The van der Waals surface area contributed by atoms with Gasteiger partial charge >= 0.3 is 0 Å². The molecule has 132 valence electrons. The van der Waals surface area contributed by atoms with Crippen molar-refractivity contribution < 1.29 is 13.2 Å². The molecule has 10 heteroatoms. The number of thiophene rings is 1. The lowest BCUT2D eigenvalue weighted by Gasteiger charge is -2.16. The fourth-order valence-corrected chi connectivity index (χ4v) is 4.81. The predicted octanol–water partition coefficient (Wildman–Crippen LogP) is 2.51. The zero-order valence-electron chi connectivity index (χ0n) is 13.6. The lowest BCUT2D eigenvalue weighted by Crippen LogP contribution is -2.35. The molecule has 0 aliphatic carbocycles. The van der Waals surface area contributed by atoms with E-state index in [1.165, 1.54) is 19.2 Å². The molecule has 0 aliphatic rings. The molecule has 0 aliphatic heterocycles. The van der Waals surface area contributed by atoms with Gasteiger partial charge in [-0.2, -0.15) is 9.40 Å². The summed E-state index contributed by atoms with van der Waals surface area (Å²) in [5.41, 5.74) is 0. The van der Waals surface area contributed by atoms with Crippen LogP contribution in [0.5, 0.6) is 0 Å². The van der Waals surface area contributed by atoms with Gasteiger partial charge in [0, 0.05) is 19.7 Å². The molecule has 0 saturated carbocycles. The molecule has 0 unspecified atom stereocenters. The van der Waals surface area contributed by atoms with Gasteiger partial charge in [0.15, 0.2) is 0 Å². The van der Waals surface area contributed by atoms with Crippen molar-refractivity contribution in [1.82, 2.24) is 14.1 Å². The minimum Gasteiger partial charge on any atom is -0.310 e. The van der Waals surface area contributed by atoms with Crippen LogP contribution in [0, 0.1) is 5.92 Å². The Morgan fingerprint density at radius 1 is 1.42 bits per heavy atom. The molecule has 2 rings (SSSR count). The molecule has 2 aromatic rings. The topological polar surface area (TPSA) is 84.3 Å². The van der Waals surface area contributed by atoms with Gasteiger partial charge in [-0.3, -0.25) is 4.79 Å². The van der Waals surface area contributed by atoms with Crippen molar-refractivity contribution in [1.29, 1.82) is 0 Å². The molecule has 7 nitrogen and oxygen atoms in total. The van der Waals surface area contributed by atoms with Crippen molar-refractivity contribution in [2.75, 3.05) is 18.9 Å². The van der Waals surface area contributed by atoms with Crippen LogP contribution in [-0.4, -0.2) is 42.0 Å². The molecule has 0 saturated heterocycles. The number of sulfonamides is 1. The number of nitrogens with zero attached hydrogens (tertiary/aromatic N) is 3. The summed E-state index contributed by atoms with van der Waals surface area (Å²) in [7, 11) is -2.38. The molecular weight excluding hydrogens is 372 g/mol. The minimum atomic E-state index is -3.74. The first-order valence-electron chi connectivity index (χ1n) is 7.23. The van der Waals surface area contributed by atoms with Crippen molar-refractivity contribution in [3.8, 4) is 0 Å². The summed E-state index contributed by atoms with van der Waals surface area (Å²) in [5, 5.41) is 6.83. The second-order valence-corrected chi connectivity index (χ2v) is 9.65. The molecule has 0 radical (unpaired) electrons. The van der Waals surface area contributed by atoms with E-state index in [4.69, 9.17) is 11.6 Å². The lowest BCUT2D eigenvalue weighted by molar-refractivity contribution is -0.116. The summed E-state index contributed by atoms with van der Waals surface area (Å²) >= 11 is 6.73. The highest BCUT2D eigenvalue weighted by Gasteiger charge is 2.25. The van der Waals surface area contributed by atoms with E-state index in [1.807, 2.05) is 13.8 Å². The van der Waals surface area contributed by atoms with Crippen LogP contribution in [0.3, 0.4) is 0 Å². The van der Waals surface area contributed by atoms with E-state index in [0.717, 1.165) is 15.6 Å². The fourth-order valence-electron chi connectivity index (χ4n) is 1.99. The van der Waals surface area contributed by atoms with Crippen molar-refractivity contribution in [3.05, 3.63) is 28.7 Å². The van der Waals surface area contributed by atoms with Gasteiger partial charge in [0.25, 0.3) is 10.0 Å². The Morgan fingerprint density at radius 2 is 2.12 bits per heavy atom. The monoisotopic (exact) mass is 390 g/mol. The van der Waals surface area contributed by atoms with Gasteiger partial charge in [0.2, 0.25) is 5.91 Å². The summed E-state index contributed by atoms with van der Waals surface area (Å²) in [6, 6.07) is 4.61. The van der Waals surface area contributed by atoms with Gasteiger partial charge in [-0.25, -0.2) is 13.1 Å². The zero-order valence-corrected chi connectivity index (χ0v) is 16.0. The van der Waals surface area contributed by atoms with Crippen LogP contribution in [0.1, 0.15) is 13.8 Å². The fraction of sp³-hybridized carbons (Fsp3) is 0.429. The summed E-state index contributed by atoms with van der Waals surface area (Å²) in [5.74, 6) is 0.472.